The number of nitrogens with two attached hydrogens (primary N) is 2. The third kappa shape index (κ3) is 6.32. The summed E-state index contributed by atoms with van der Waals surface area (Å²) in [5.74, 6) is 2.95. The minimum atomic E-state index is 0.589. The molecule has 7 heterocycles. The van der Waals surface area contributed by atoms with E-state index < -0.39 is 0 Å². The summed E-state index contributed by atoms with van der Waals surface area (Å²) < 4.78 is 6.14. The van der Waals surface area contributed by atoms with Gasteiger partial charge in [-0.2, -0.15) is 0 Å². The zero-order chi connectivity index (χ0) is 37.0. The molecule has 0 aliphatic heterocycles. The van der Waals surface area contributed by atoms with Crippen LogP contribution < -0.4 is 11.5 Å². The van der Waals surface area contributed by atoms with Crippen LogP contribution >= 0.6 is 22.7 Å². The van der Waals surface area contributed by atoms with E-state index in [0.717, 1.165) is 93.8 Å². The number of fused-ring (bicyclic) bond motifs is 5. The number of benzene rings is 3. The van der Waals surface area contributed by atoms with Crippen LogP contribution in [0.4, 0.5) is 11.4 Å². The number of thiophene rings is 2. The third-order valence-corrected chi connectivity index (χ3v) is 11.2. The Morgan fingerprint density at radius 1 is 0.472 bits per heavy atom. The summed E-state index contributed by atoms with van der Waals surface area (Å²) >= 11 is 3.35. The lowest BCUT2D eigenvalue weighted by Gasteiger charge is -2.02. The Labute approximate surface area is 312 Å². The predicted octanol–water partition coefficient (Wildman–Crippen LogP) is 8.15. The van der Waals surface area contributed by atoms with Crippen LogP contribution in [0.1, 0.15) is 17.5 Å². The van der Waals surface area contributed by atoms with Gasteiger partial charge in [-0.15, -0.1) is 22.7 Å². The van der Waals surface area contributed by atoms with E-state index in [1.54, 1.807) is 28.7 Å². The Kier molecular flexibility index (Phi) is 8.55. The van der Waals surface area contributed by atoms with Crippen LogP contribution in [0.5, 0.6) is 0 Å². The highest BCUT2D eigenvalue weighted by atomic mass is 32.1. The number of rotatable bonds is 2. The molecule has 264 valence electrons. The molecule has 0 spiro atoms. The van der Waals surface area contributed by atoms with E-state index >= 15 is 0 Å². The van der Waals surface area contributed by atoms with Crippen molar-refractivity contribution >= 4 is 89.2 Å². The SMILES string of the molecule is Cc1nc2cc(N)c(N)cc2n1C.Cc1nc2cc3nc(-c4cccs4)cnc3cc2n1C.Cc1nc2cc3ncc(-c4cccs4)nc3cc2n1C. The van der Waals surface area contributed by atoms with Gasteiger partial charge in [0.15, 0.2) is 0 Å². The van der Waals surface area contributed by atoms with E-state index in [4.69, 9.17) is 21.4 Å². The Hall–Kier alpha value is -6.25. The van der Waals surface area contributed by atoms with Crippen LogP contribution in [0.15, 0.2) is 83.8 Å². The molecule has 10 rings (SSSR count). The molecule has 0 aliphatic rings. The Bertz CT molecular complexity index is 2940. The van der Waals surface area contributed by atoms with Gasteiger partial charge in [0.05, 0.1) is 100 Å². The van der Waals surface area contributed by atoms with Crippen LogP contribution in [0.2, 0.25) is 0 Å². The highest BCUT2D eigenvalue weighted by Crippen LogP contribution is 2.28. The van der Waals surface area contributed by atoms with Crippen LogP contribution in [-0.2, 0) is 21.1 Å². The molecule has 0 unspecified atom stereocenters. The second-order valence-corrected chi connectivity index (χ2v) is 14.6. The lowest BCUT2D eigenvalue weighted by atomic mass is 10.2. The lowest BCUT2D eigenvalue weighted by molar-refractivity contribution is 0.886. The number of anilines is 2. The molecule has 53 heavy (non-hydrogen) atoms. The molecule has 0 aliphatic carbocycles. The van der Waals surface area contributed by atoms with Crippen molar-refractivity contribution in [2.45, 2.75) is 20.8 Å². The highest BCUT2D eigenvalue weighted by Gasteiger charge is 2.11. The van der Waals surface area contributed by atoms with E-state index in [-0.39, 0.29) is 0 Å². The number of aryl methyl sites for hydroxylation is 6. The number of nitrogens with zero attached hydrogens (tertiary/aromatic N) is 10. The van der Waals surface area contributed by atoms with Gasteiger partial charge in [0.2, 0.25) is 0 Å². The maximum Gasteiger partial charge on any atom is 0.106 e. The van der Waals surface area contributed by atoms with E-state index in [2.05, 4.69) is 63.7 Å². The van der Waals surface area contributed by atoms with Crippen LogP contribution in [0, 0.1) is 20.8 Å². The van der Waals surface area contributed by atoms with Crippen molar-refractivity contribution in [3.8, 4) is 21.1 Å². The van der Waals surface area contributed by atoms with E-state index in [9.17, 15) is 0 Å². The molecule has 10 aromatic rings. The van der Waals surface area contributed by atoms with Crippen molar-refractivity contribution in [3.05, 3.63) is 101 Å². The fraction of sp³-hybridized carbons (Fsp3) is 0.154. The highest BCUT2D eigenvalue weighted by molar-refractivity contribution is 7.13. The minimum absolute atomic E-state index is 0.589. The van der Waals surface area contributed by atoms with E-state index in [0.29, 0.717) is 11.4 Å². The summed E-state index contributed by atoms with van der Waals surface area (Å²) in [6.45, 7) is 5.96. The molecule has 0 saturated heterocycles. The summed E-state index contributed by atoms with van der Waals surface area (Å²) in [5.41, 5.74) is 24.0. The zero-order valence-corrected chi connectivity index (χ0v) is 31.7. The summed E-state index contributed by atoms with van der Waals surface area (Å²) in [5, 5.41) is 4.10. The number of hydrogen-bond donors (Lipinski definition) is 2. The molecular formula is C39H36N12S2. The first-order chi connectivity index (χ1) is 25.5. The normalized spacial score (nSPS) is 11.4. The first-order valence-electron chi connectivity index (χ1n) is 16.8. The van der Waals surface area contributed by atoms with Gasteiger partial charge in [0.25, 0.3) is 0 Å². The molecule has 4 N–H and O–H groups in total. The smallest absolute Gasteiger partial charge is 0.106 e. The van der Waals surface area contributed by atoms with Gasteiger partial charge in [-0.25, -0.2) is 24.9 Å². The number of nitrogen functional groups attached to an aromatic ring is 2. The monoisotopic (exact) mass is 736 g/mol. The van der Waals surface area contributed by atoms with Gasteiger partial charge < -0.3 is 25.2 Å². The Balaban J connectivity index is 0.000000116. The molecule has 0 bridgehead atoms. The third-order valence-electron chi connectivity index (χ3n) is 9.39. The Morgan fingerprint density at radius 3 is 1.36 bits per heavy atom. The maximum absolute atomic E-state index is 5.70. The molecular weight excluding hydrogens is 701 g/mol. The maximum atomic E-state index is 5.70. The van der Waals surface area contributed by atoms with Crippen molar-refractivity contribution in [1.82, 2.24) is 48.6 Å². The average Bonchev–Trinajstić information content (AvgIpc) is 4.00. The second kappa shape index (κ2) is 13.4. The molecule has 7 aromatic heterocycles. The lowest BCUT2D eigenvalue weighted by Crippen LogP contribution is -1.95. The summed E-state index contributed by atoms with van der Waals surface area (Å²) in [6.07, 6.45) is 3.67. The summed E-state index contributed by atoms with van der Waals surface area (Å²) in [7, 11) is 6.00. The molecule has 12 nitrogen and oxygen atoms in total. The van der Waals surface area contributed by atoms with Gasteiger partial charge in [0.1, 0.15) is 17.5 Å². The van der Waals surface area contributed by atoms with E-state index in [1.807, 2.05) is 94.6 Å². The average molecular weight is 737 g/mol. The molecule has 0 atom stereocenters. The molecule has 3 aromatic carbocycles. The molecule has 0 saturated carbocycles. The fourth-order valence-corrected chi connectivity index (χ4v) is 7.47. The minimum Gasteiger partial charge on any atom is -0.397 e. The molecule has 0 fully saturated rings. The number of hydrogen-bond acceptors (Lipinski definition) is 11. The van der Waals surface area contributed by atoms with Crippen molar-refractivity contribution < 1.29 is 0 Å². The van der Waals surface area contributed by atoms with E-state index in [1.165, 1.54) is 0 Å². The van der Waals surface area contributed by atoms with Crippen LogP contribution in [0.3, 0.4) is 0 Å². The first-order valence-corrected chi connectivity index (χ1v) is 18.6. The van der Waals surface area contributed by atoms with Gasteiger partial charge in [-0.05, 0) is 80.1 Å². The standard InChI is InChI=1S/2C15H12N4S.C9H12N4/c1-9-17-12-6-11-10(7-14(12)19(9)2)16-8-13(18-11)15-4-3-5-20-15;1-9-17-12-6-10-11(7-14(12)19(9)2)18-13(8-16-10)15-4-3-5-20-15;1-5-12-8-3-6(10)7(11)4-9(8)13(5)2/h2*3-8H,1-2H3;3-4H,10-11H2,1-2H3. The molecule has 14 heteroatoms. The van der Waals surface area contributed by atoms with Crippen molar-refractivity contribution in [2.75, 3.05) is 11.5 Å². The van der Waals surface area contributed by atoms with Gasteiger partial charge >= 0.3 is 0 Å². The van der Waals surface area contributed by atoms with Gasteiger partial charge in [-0.1, -0.05) is 12.1 Å². The quantitative estimate of drug-likeness (QED) is 0.167. The van der Waals surface area contributed by atoms with Crippen molar-refractivity contribution in [2.24, 2.45) is 21.1 Å². The topological polar surface area (TPSA) is 157 Å². The first kappa shape index (κ1) is 33.9. The van der Waals surface area contributed by atoms with Crippen molar-refractivity contribution in [1.29, 1.82) is 0 Å². The number of imidazole rings is 3. The largest absolute Gasteiger partial charge is 0.397 e. The zero-order valence-electron chi connectivity index (χ0n) is 30.0. The van der Waals surface area contributed by atoms with Gasteiger partial charge in [0, 0.05) is 21.1 Å². The van der Waals surface area contributed by atoms with Crippen molar-refractivity contribution in [3.63, 3.8) is 0 Å². The number of aromatic nitrogens is 10. The molecule has 0 radical (unpaired) electrons. The summed E-state index contributed by atoms with van der Waals surface area (Å²) in [4.78, 5) is 34.2. The Morgan fingerprint density at radius 2 is 0.868 bits per heavy atom. The van der Waals surface area contributed by atoms with Gasteiger partial charge in [-0.3, -0.25) is 9.97 Å². The molecule has 0 amide bonds. The van der Waals surface area contributed by atoms with Crippen LogP contribution in [-0.4, -0.2) is 48.6 Å². The fourth-order valence-electron chi connectivity index (χ4n) is 6.11. The van der Waals surface area contributed by atoms with Crippen LogP contribution in [0.25, 0.3) is 76.3 Å². The summed E-state index contributed by atoms with van der Waals surface area (Å²) in [6, 6.07) is 20.0. The second-order valence-electron chi connectivity index (χ2n) is 12.7. The predicted molar refractivity (Wildman–Crippen MR) is 218 cm³/mol.